The summed E-state index contributed by atoms with van der Waals surface area (Å²) in [4.78, 5) is 49.0. The molecule has 0 bridgehead atoms. The number of rotatable bonds is 6. The highest BCUT2D eigenvalue weighted by Crippen LogP contribution is 2.58. The van der Waals surface area contributed by atoms with Crippen LogP contribution in [-0.4, -0.2) is 86.0 Å². The van der Waals surface area contributed by atoms with Gasteiger partial charge >= 0.3 is 0 Å². The highest BCUT2D eigenvalue weighted by Gasteiger charge is 2.75. The van der Waals surface area contributed by atoms with E-state index in [1.54, 1.807) is 14.7 Å². The second-order valence-electron chi connectivity index (χ2n) is 13.4. The lowest BCUT2D eigenvalue weighted by Gasteiger charge is -2.43. The minimum atomic E-state index is -1.37. The van der Waals surface area contributed by atoms with Crippen molar-refractivity contribution in [1.29, 1.82) is 0 Å². The number of nitrogens with zero attached hydrogens (tertiary/aromatic N) is 3. The number of carbonyl (C=O) groups is 3. The zero-order chi connectivity index (χ0) is 30.6. The molecule has 0 saturated carbocycles. The predicted molar refractivity (Wildman–Crippen MR) is 162 cm³/mol. The zero-order valence-electron chi connectivity index (χ0n) is 25.3. The van der Waals surface area contributed by atoms with Crippen molar-refractivity contribution in [1.82, 2.24) is 14.7 Å². The Morgan fingerprint density at radius 3 is 2.12 bits per heavy atom. The van der Waals surface area contributed by atoms with E-state index in [0.717, 1.165) is 11.1 Å². The lowest BCUT2D eigenvalue weighted by Crippen LogP contribution is -2.61. The van der Waals surface area contributed by atoms with Crippen LogP contribution in [0.3, 0.4) is 0 Å². The van der Waals surface area contributed by atoms with Crippen LogP contribution in [0.15, 0.2) is 85.0 Å². The number of fused-ring (bicyclic) bond motifs is 2. The molecule has 2 fully saturated rings. The molecule has 6 rings (SSSR count). The number of aliphatic hydroxyl groups is 1. The molecule has 0 aliphatic carbocycles. The summed E-state index contributed by atoms with van der Waals surface area (Å²) in [5.41, 5.74) is -1.05. The maximum absolute atomic E-state index is 14.8. The summed E-state index contributed by atoms with van der Waals surface area (Å²) in [6, 6.07) is 17.7. The van der Waals surface area contributed by atoms with Gasteiger partial charge in [0, 0.05) is 25.2 Å². The Balaban J connectivity index is 1.46. The molecule has 1 unspecified atom stereocenters. The number of likely N-dealkylation sites (tertiary alicyclic amines) is 1. The van der Waals surface area contributed by atoms with Crippen LogP contribution in [0.4, 0.5) is 0 Å². The third-order valence-electron chi connectivity index (χ3n) is 9.52. The molecule has 1 N–H and O–H groups in total. The van der Waals surface area contributed by atoms with E-state index >= 15 is 0 Å². The van der Waals surface area contributed by atoms with Gasteiger partial charge in [-0.3, -0.25) is 14.4 Å². The number of aliphatic hydroxyl groups excluding tert-OH is 1. The van der Waals surface area contributed by atoms with Crippen LogP contribution in [0.5, 0.6) is 0 Å². The standard InChI is InChI=1S/C35H41N3O5/c1-33(2,3)37-20-12-18-35-28(31(41)38(29(35)32(37)42)26(23-39)21-24-13-7-5-8-14-24)27-30(40)36(19-11-17-34(27,4)43-35)22-25-15-9-6-10-16-25/h5-18,26-29,39H,19-23H2,1-4H3/t26-,27+,28+,29?,34-,35+/m1/s1. The number of hydrogen-bond donors (Lipinski definition) is 1. The molecule has 3 amide bonds. The van der Waals surface area contributed by atoms with E-state index in [0.29, 0.717) is 26.1 Å². The second-order valence-corrected chi connectivity index (χ2v) is 13.4. The molecule has 4 aliphatic heterocycles. The summed E-state index contributed by atoms with van der Waals surface area (Å²) in [5, 5.41) is 10.7. The molecule has 6 atom stereocenters. The lowest BCUT2D eigenvalue weighted by atomic mass is 9.74. The van der Waals surface area contributed by atoms with Gasteiger partial charge in [0.15, 0.2) is 0 Å². The van der Waals surface area contributed by atoms with E-state index in [2.05, 4.69) is 0 Å². The zero-order valence-corrected chi connectivity index (χ0v) is 25.3. The first kappa shape index (κ1) is 29.3. The second kappa shape index (κ2) is 10.8. The summed E-state index contributed by atoms with van der Waals surface area (Å²) >= 11 is 0. The molecule has 43 heavy (non-hydrogen) atoms. The Kier molecular flexibility index (Phi) is 7.33. The van der Waals surface area contributed by atoms with E-state index in [-0.39, 0.29) is 24.3 Å². The third kappa shape index (κ3) is 4.81. The molecule has 2 saturated heterocycles. The normalized spacial score (nSPS) is 31.0. The van der Waals surface area contributed by atoms with Gasteiger partial charge in [-0.1, -0.05) is 85.0 Å². The molecule has 0 radical (unpaired) electrons. The largest absolute Gasteiger partial charge is 0.394 e. The molecular weight excluding hydrogens is 542 g/mol. The predicted octanol–water partition coefficient (Wildman–Crippen LogP) is 3.36. The molecule has 8 nitrogen and oxygen atoms in total. The monoisotopic (exact) mass is 583 g/mol. The lowest BCUT2D eigenvalue weighted by molar-refractivity contribution is -0.158. The van der Waals surface area contributed by atoms with Gasteiger partial charge in [0.25, 0.3) is 0 Å². The summed E-state index contributed by atoms with van der Waals surface area (Å²) < 4.78 is 6.96. The molecule has 226 valence electrons. The summed E-state index contributed by atoms with van der Waals surface area (Å²) in [6.07, 6.45) is 7.97. The molecule has 8 heteroatoms. The van der Waals surface area contributed by atoms with Gasteiger partial charge in [0.1, 0.15) is 11.6 Å². The Labute approximate surface area is 253 Å². The van der Waals surface area contributed by atoms with Gasteiger partial charge in [0.2, 0.25) is 17.7 Å². The Bertz CT molecular complexity index is 1450. The van der Waals surface area contributed by atoms with Crippen LogP contribution in [0.1, 0.15) is 38.8 Å². The van der Waals surface area contributed by atoms with Gasteiger partial charge in [-0.25, -0.2) is 0 Å². The van der Waals surface area contributed by atoms with Gasteiger partial charge in [-0.05, 0) is 45.2 Å². The van der Waals surface area contributed by atoms with Crippen LogP contribution in [0, 0.1) is 11.8 Å². The van der Waals surface area contributed by atoms with Crippen molar-refractivity contribution in [3.8, 4) is 0 Å². The number of hydrogen-bond acceptors (Lipinski definition) is 5. The van der Waals surface area contributed by atoms with E-state index in [4.69, 9.17) is 4.74 Å². The van der Waals surface area contributed by atoms with Gasteiger partial charge < -0.3 is 24.5 Å². The van der Waals surface area contributed by atoms with Crippen molar-refractivity contribution < 1.29 is 24.2 Å². The maximum atomic E-state index is 14.8. The molecule has 2 aromatic carbocycles. The minimum Gasteiger partial charge on any atom is -0.394 e. The molecule has 4 aliphatic rings. The fourth-order valence-electron chi connectivity index (χ4n) is 7.59. The minimum absolute atomic E-state index is 0.173. The van der Waals surface area contributed by atoms with Crippen molar-refractivity contribution >= 4 is 17.7 Å². The van der Waals surface area contributed by atoms with Crippen molar-refractivity contribution in [3.05, 3.63) is 96.1 Å². The third-order valence-corrected chi connectivity index (χ3v) is 9.52. The first-order chi connectivity index (χ1) is 20.5. The Morgan fingerprint density at radius 2 is 1.49 bits per heavy atom. The van der Waals surface area contributed by atoms with Crippen LogP contribution in [-0.2, 0) is 32.1 Å². The van der Waals surface area contributed by atoms with E-state index < -0.39 is 40.7 Å². The topological polar surface area (TPSA) is 90.4 Å². The summed E-state index contributed by atoms with van der Waals surface area (Å²) in [6.45, 7) is 8.58. The van der Waals surface area contributed by atoms with Crippen molar-refractivity contribution in [2.24, 2.45) is 11.8 Å². The van der Waals surface area contributed by atoms with Crippen molar-refractivity contribution in [3.63, 3.8) is 0 Å². The van der Waals surface area contributed by atoms with Gasteiger partial charge in [0.05, 0.1) is 30.1 Å². The molecule has 2 aromatic rings. The van der Waals surface area contributed by atoms with E-state index in [1.807, 2.05) is 113 Å². The quantitative estimate of drug-likeness (QED) is 0.527. The van der Waals surface area contributed by atoms with Gasteiger partial charge in [-0.15, -0.1) is 0 Å². The van der Waals surface area contributed by atoms with Crippen molar-refractivity contribution in [2.75, 3.05) is 19.7 Å². The highest BCUT2D eigenvalue weighted by atomic mass is 16.5. The number of amides is 3. The fraction of sp³-hybridized carbons (Fsp3) is 0.457. The van der Waals surface area contributed by atoms with Crippen LogP contribution in [0.2, 0.25) is 0 Å². The SMILES string of the molecule is CC(C)(C)N1CC=C[C@]23O[C@]4(C)C=CCN(Cc5ccccc5)C(=O)[C@@H]4[C@H]2C(=O)N([C@@H](CO)Cc2ccccc2)C3C1=O. The first-order valence-electron chi connectivity index (χ1n) is 15.2. The average Bonchev–Trinajstić information content (AvgIpc) is 3.25. The maximum Gasteiger partial charge on any atom is 0.249 e. The van der Waals surface area contributed by atoms with Crippen LogP contribution < -0.4 is 0 Å². The highest BCUT2D eigenvalue weighted by molar-refractivity contribution is 6.00. The van der Waals surface area contributed by atoms with Crippen LogP contribution in [0.25, 0.3) is 0 Å². The number of carbonyl (C=O) groups excluding carboxylic acids is 3. The first-order valence-corrected chi connectivity index (χ1v) is 15.2. The molecular formula is C35H41N3O5. The summed E-state index contributed by atoms with van der Waals surface area (Å²) in [5.74, 6) is -2.51. The molecule has 0 aromatic heterocycles. The van der Waals surface area contributed by atoms with Gasteiger partial charge in [-0.2, -0.15) is 0 Å². The summed E-state index contributed by atoms with van der Waals surface area (Å²) in [7, 11) is 0. The van der Waals surface area contributed by atoms with E-state index in [1.165, 1.54) is 0 Å². The molecule has 1 spiro atoms. The van der Waals surface area contributed by atoms with E-state index in [9.17, 15) is 19.5 Å². The number of benzene rings is 2. The average molecular weight is 584 g/mol. The smallest absolute Gasteiger partial charge is 0.249 e. The van der Waals surface area contributed by atoms with Crippen LogP contribution >= 0.6 is 0 Å². The Morgan fingerprint density at radius 1 is 0.860 bits per heavy atom. The number of ether oxygens (including phenoxy) is 1. The van der Waals surface area contributed by atoms with Crippen molar-refractivity contribution in [2.45, 2.75) is 69.5 Å². The molecule has 4 heterocycles. The Hall–Kier alpha value is -3.75. The fourth-order valence-corrected chi connectivity index (χ4v) is 7.59.